The Morgan fingerprint density at radius 3 is 2.24 bits per heavy atom. The van der Waals surface area contributed by atoms with Crippen LogP contribution < -0.4 is 5.32 Å². The van der Waals surface area contributed by atoms with Gasteiger partial charge in [-0.1, -0.05) is 24.3 Å². The number of anilines is 1. The van der Waals surface area contributed by atoms with Crippen LogP contribution in [0.5, 0.6) is 0 Å². The molecule has 5 heteroatoms. The van der Waals surface area contributed by atoms with E-state index in [0.717, 1.165) is 40.6 Å². The lowest BCUT2D eigenvalue weighted by Crippen LogP contribution is -2.29. The molecule has 0 radical (unpaired) electrons. The number of para-hydroxylation sites is 1. The Bertz CT molecular complexity index is 826. The van der Waals surface area contributed by atoms with Gasteiger partial charge >= 0.3 is 0 Å². The van der Waals surface area contributed by atoms with E-state index in [1.54, 1.807) is 6.07 Å². The van der Waals surface area contributed by atoms with Crippen molar-refractivity contribution >= 4 is 40.1 Å². The van der Waals surface area contributed by atoms with Gasteiger partial charge in [-0.3, -0.25) is 9.59 Å². The standard InChI is InChI=1S/C20H21IN2O2/c1-13-7-5-9-15(17(13)21)19(24)22-18-14(2)8-6-10-16(18)20(25)23-11-3-4-12-23/h5-10H,3-4,11-12H2,1-2H3,(H,22,24). The Kier molecular flexibility index (Phi) is 5.42. The van der Waals surface area contributed by atoms with E-state index < -0.39 is 0 Å². The lowest BCUT2D eigenvalue weighted by molar-refractivity contribution is 0.0794. The molecule has 2 aromatic rings. The number of nitrogens with one attached hydrogen (secondary N) is 1. The third kappa shape index (κ3) is 3.71. The van der Waals surface area contributed by atoms with Crippen LogP contribution >= 0.6 is 22.6 Å². The van der Waals surface area contributed by atoms with Crippen molar-refractivity contribution < 1.29 is 9.59 Å². The number of halogens is 1. The van der Waals surface area contributed by atoms with Gasteiger partial charge in [-0.05, 0) is 72.5 Å². The molecule has 0 bridgehead atoms. The second-order valence-electron chi connectivity index (χ2n) is 6.39. The fraction of sp³-hybridized carbons (Fsp3) is 0.300. The van der Waals surface area contributed by atoms with Crippen molar-refractivity contribution in [2.45, 2.75) is 26.7 Å². The first-order valence-corrected chi connectivity index (χ1v) is 9.52. The summed E-state index contributed by atoms with van der Waals surface area (Å²) in [6.07, 6.45) is 2.08. The first kappa shape index (κ1) is 17.9. The molecule has 1 fully saturated rings. The Morgan fingerprint density at radius 1 is 0.960 bits per heavy atom. The molecule has 2 amide bonds. The minimum Gasteiger partial charge on any atom is -0.339 e. The molecule has 1 aliphatic rings. The topological polar surface area (TPSA) is 49.4 Å². The summed E-state index contributed by atoms with van der Waals surface area (Å²) in [6.45, 7) is 5.47. The summed E-state index contributed by atoms with van der Waals surface area (Å²) in [5.74, 6) is -0.187. The van der Waals surface area contributed by atoms with Gasteiger partial charge in [0.25, 0.3) is 11.8 Å². The molecule has 0 atom stereocenters. The second-order valence-corrected chi connectivity index (χ2v) is 7.47. The summed E-state index contributed by atoms with van der Waals surface area (Å²) in [7, 11) is 0. The fourth-order valence-corrected chi connectivity index (χ4v) is 3.71. The van der Waals surface area contributed by atoms with Gasteiger partial charge in [0.2, 0.25) is 0 Å². The van der Waals surface area contributed by atoms with Crippen molar-refractivity contribution in [1.29, 1.82) is 0 Å². The van der Waals surface area contributed by atoms with Crippen LogP contribution in [0.3, 0.4) is 0 Å². The quantitative estimate of drug-likeness (QED) is 0.708. The lowest BCUT2D eigenvalue weighted by atomic mass is 10.1. The molecule has 4 nitrogen and oxygen atoms in total. The highest BCUT2D eigenvalue weighted by Crippen LogP contribution is 2.25. The van der Waals surface area contributed by atoms with Gasteiger partial charge in [0, 0.05) is 16.7 Å². The average molecular weight is 448 g/mol. The third-order valence-electron chi connectivity index (χ3n) is 4.57. The smallest absolute Gasteiger partial charge is 0.256 e. The van der Waals surface area contributed by atoms with E-state index in [1.807, 2.05) is 49.1 Å². The predicted molar refractivity (Wildman–Crippen MR) is 108 cm³/mol. The number of rotatable bonds is 3. The van der Waals surface area contributed by atoms with Crippen molar-refractivity contribution in [2.24, 2.45) is 0 Å². The highest BCUT2D eigenvalue weighted by atomic mass is 127. The van der Waals surface area contributed by atoms with Gasteiger partial charge in [0.1, 0.15) is 0 Å². The first-order valence-electron chi connectivity index (χ1n) is 8.44. The number of benzene rings is 2. The first-order chi connectivity index (χ1) is 12.0. The fourth-order valence-electron chi connectivity index (χ4n) is 3.11. The molecule has 1 saturated heterocycles. The van der Waals surface area contributed by atoms with Crippen molar-refractivity contribution in [3.05, 3.63) is 62.2 Å². The number of hydrogen-bond acceptors (Lipinski definition) is 2. The number of carbonyl (C=O) groups is 2. The van der Waals surface area contributed by atoms with Crippen LogP contribution in [0.25, 0.3) is 0 Å². The van der Waals surface area contributed by atoms with Crippen LogP contribution in [0.15, 0.2) is 36.4 Å². The maximum absolute atomic E-state index is 12.8. The van der Waals surface area contributed by atoms with Crippen molar-refractivity contribution in [3.8, 4) is 0 Å². The van der Waals surface area contributed by atoms with E-state index in [-0.39, 0.29) is 11.8 Å². The van der Waals surface area contributed by atoms with E-state index in [9.17, 15) is 9.59 Å². The van der Waals surface area contributed by atoms with Crippen LogP contribution in [0, 0.1) is 17.4 Å². The normalized spacial score (nSPS) is 13.8. The highest BCUT2D eigenvalue weighted by molar-refractivity contribution is 14.1. The summed E-state index contributed by atoms with van der Waals surface area (Å²) in [4.78, 5) is 27.5. The monoisotopic (exact) mass is 448 g/mol. The Balaban J connectivity index is 1.93. The van der Waals surface area contributed by atoms with Crippen LogP contribution in [0.4, 0.5) is 5.69 Å². The molecule has 25 heavy (non-hydrogen) atoms. The SMILES string of the molecule is Cc1cccc(C(=O)Nc2c(C)cccc2C(=O)N2CCCC2)c1I. The molecular formula is C20H21IN2O2. The molecule has 0 unspecified atom stereocenters. The molecule has 1 N–H and O–H groups in total. The number of nitrogens with zero attached hydrogens (tertiary/aromatic N) is 1. The van der Waals surface area contributed by atoms with E-state index in [4.69, 9.17) is 0 Å². The van der Waals surface area contributed by atoms with Gasteiger partial charge in [0.15, 0.2) is 0 Å². The number of amides is 2. The van der Waals surface area contributed by atoms with E-state index in [1.165, 1.54) is 0 Å². The van der Waals surface area contributed by atoms with Crippen LogP contribution in [0.2, 0.25) is 0 Å². The number of likely N-dealkylation sites (tertiary alicyclic amines) is 1. The Labute approximate surface area is 161 Å². The second kappa shape index (κ2) is 7.56. The maximum atomic E-state index is 12.8. The lowest BCUT2D eigenvalue weighted by Gasteiger charge is -2.19. The average Bonchev–Trinajstić information content (AvgIpc) is 3.13. The molecule has 1 aliphatic heterocycles. The Hall–Kier alpha value is -1.89. The summed E-state index contributed by atoms with van der Waals surface area (Å²) in [6, 6.07) is 11.2. The molecule has 0 spiro atoms. The van der Waals surface area contributed by atoms with Gasteiger partial charge in [-0.2, -0.15) is 0 Å². The molecule has 2 aromatic carbocycles. The van der Waals surface area contributed by atoms with Crippen molar-refractivity contribution in [2.75, 3.05) is 18.4 Å². The number of aryl methyl sites for hydroxylation is 2. The van der Waals surface area contributed by atoms with E-state index >= 15 is 0 Å². The van der Waals surface area contributed by atoms with E-state index in [2.05, 4.69) is 27.9 Å². The van der Waals surface area contributed by atoms with Gasteiger partial charge in [-0.15, -0.1) is 0 Å². The minimum atomic E-state index is -0.183. The zero-order chi connectivity index (χ0) is 18.0. The molecule has 0 aromatic heterocycles. The zero-order valence-corrected chi connectivity index (χ0v) is 16.6. The molecule has 0 aliphatic carbocycles. The van der Waals surface area contributed by atoms with Gasteiger partial charge in [0.05, 0.1) is 16.8 Å². The highest BCUT2D eigenvalue weighted by Gasteiger charge is 2.24. The Morgan fingerprint density at radius 2 is 1.56 bits per heavy atom. The zero-order valence-electron chi connectivity index (χ0n) is 14.4. The third-order valence-corrected chi connectivity index (χ3v) is 6.00. The maximum Gasteiger partial charge on any atom is 0.256 e. The number of hydrogen-bond donors (Lipinski definition) is 1. The molecule has 3 rings (SSSR count). The molecule has 0 saturated carbocycles. The minimum absolute atomic E-state index is 0.00422. The van der Waals surface area contributed by atoms with E-state index in [0.29, 0.717) is 16.8 Å². The summed E-state index contributed by atoms with van der Waals surface area (Å²) < 4.78 is 0.929. The molecular weight excluding hydrogens is 427 g/mol. The molecule has 1 heterocycles. The predicted octanol–water partition coefficient (Wildman–Crippen LogP) is 4.40. The van der Waals surface area contributed by atoms with Gasteiger partial charge in [-0.25, -0.2) is 0 Å². The van der Waals surface area contributed by atoms with Gasteiger partial charge < -0.3 is 10.2 Å². The summed E-state index contributed by atoms with van der Waals surface area (Å²) in [5.41, 5.74) is 3.76. The molecule has 130 valence electrons. The van der Waals surface area contributed by atoms with Crippen LogP contribution in [-0.4, -0.2) is 29.8 Å². The number of carbonyl (C=O) groups excluding carboxylic acids is 2. The summed E-state index contributed by atoms with van der Waals surface area (Å²) >= 11 is 2.19. The largest absolute Gasteiger partial charge is 0.339 e. The van der Waals surface area contributed by atoms with Crippen molar-refractivity contribution in [3.63, 3.8) is 0 Å². The van der Waals surface area contributed by atoms with Crippen molar-refractivity contribution in [1.82, 2.24) is 4.90 Å². The summed E-state index contributed by atoms with van der Waals surface area (Å²) in [5, 5.41) is 2.98. The van der Waals surface area contributed by atoms with Crippen LogP contribution in [-0.2, 0) is 0 Å². The van der Waals surface area contributed by atoms with Crippen LogP contribution in [0.1, 0.15) is 44.7 Å².